The largest absolute Gasteiger partial charge is 0.301 e. The van der Waals surface area contributed by atoms with Gasteiger partial charge in [0.05, 0.1) is 16.7 Å². The predicted octanol–water partition coefficient (Wildman–Crippen LogP) is 3.48. The molecule has 1 amide bonds. The first-order valence-corrected chi connectivity index (χ1v) is 11.7. The Labute approximate surface area is 176 Å². The first-order valence-electron chi connectivity index (χ1n) is 9.63. The number of hydrogen-bond donors (Lipinski definition) is 1. The quantitative estimate of drug-likeness (QED) is 0.389. The van der Waals surface area contributed by atoms with Crippen LogP contribution in [0.15, 0.2) is 53.4 Å². The molecule has 0 radical (unpaired) electrons. The molecule has 1 aliphatic rings. The molecule has 0 spiro atoms. The van der Waals surface area contributed by atoms with Gasteiger partial charge in [-0.25, -0.2) is 13.5 Å². The Morgan fingerprint density at radius 3 is 2.10 bits per heavy atom. The van der Waals surface area contributed by atoms with Gasteiger partial charge in [-0.15, -0.1) is 0 Å². The second-order valence-electron chi connectivity index (χ2n) is 7.31. The first-order chi connectivity index (χ1) is 13.9. The third-order valence-electron chi connectivity index (χ3n) is 5.20. The van der Waals surface area contributed by atoms with Crippen molar-refractivity contribution in [1.82, 2.24) is 9.96 Å². The molecule has 1 N–H and O–H groups in total. The summed E-state index contributed by atoms with van der Waals surface area (Å²) in [6.07, 6.45) is 3.50. The summed E-state index contributed by atoms with van der Waals surface area (Å²) in [5.74, 6) is -0.334. The number of piperidine rings is 1. The average molecular weight is 437 g/mol. The minimum Gasteiger partial charge on any atom is -0.301 e. The van der Waals surface area contributed by atoms with Crippen molar-refractivity contribution in [3.05, 3.63) is 53.6 Å². The van der Waals surface area contributed by atoms with Crippen molar-refractivity contribution in [1.29, 1.82) is 0 Å². The van der Waals surface area contributed by atoms with Crippen LogP contribution in [-0.4, -0.2) is 61.4 Å². The fraction of sp³-hybridized carbons (Fsp3) is 0.381. The highest BCUT2D eigenvalue weighted by atomic mass is 35.5. The molecule has 3 rings (SSSR count). The number of hydrogen-bond acceptors (Lipinski definition) is 5. The number of amides is 1. The number of hydroxylamine groups is 2. The lowest BCUT2D eigenvalue weighted by Crippen LogP contribution is -2.47. The van der Waals surface area contributed by atoms with Gasteiger partial charge >= 0.3 is 0 Å². The maximum Gasteiger partial charge on any atom is 0.233 e. The predicted molar refractivity (Wildman–Crippen MR) is 113 cm³/mol. The van der Waals surface area contributed by atoms with Gasteiger partial charge in [0.1, 0.15) is 0 Å². The third kappa shape index (κ3) is 5.79. The molecule has 6 nitrogen and oxygen atoms in total. The number of benzene rings is 2. The molecule has 0 aromatic heterocycles. The molecule has 0 bridgehead atoms. The van der Waals surface area contributed by atoms with Crippen LogP contribution in [0.1, 0.15) is 19.3 Å². The number of halogens is 1. The first kappa shape index (κ1) is 21.8. The summed E-state index contributed by atoms with van der Waals surface area (Å²) in [5, 5.41) is 11.1. The Kier molecular flexibility index (Phi) is 7.29. The summed E-state index contributed by atoms with van der Waals surface area (Å²) in [6, 6.07) is 13.1. The van der Waals surface area contributed by atoms with Gasteiger partial charge in [-0.1, -0.05) is 42.3 Å². The van der Waals surface area contributed by atoms with Crippen molar-refractivity contribution in [2.24, 2.45) is 0 Å². The van der Waals surface area contributed by atoms with Gasteiger partial charge < -0.3 is 4.90 Å². The minimum absolute atomic E-state index is 0.165. The summed E-state index contributed by atoms with van der Waals surface area (Å²) in [5.41, 5.74) is 1.81. The van der Waals surface area contributed by atoms with Crippen LogP contribution in [0.4, 0.5) is 0 Å². The molecular formula is C21H25ClN2O4S. The van der Waals surface area contributed by atoms with E-state index < -0.39 is 15.9 Å². The van der Waals surface area contributed by atoms with E-state index >= 15 is 0 Å². The zero-order chi connectivity index (χ0) is 20.9. The van der Waals surface area contributed by atoms with E-state index in [1.807, 2.05) is 12.1 Å². The smallest absolute Gasteiger partial charge is 0.233 e. The van der Waals surface area contributed by atoms with Gasteiger partial charge in [0.15, 0.2) is 9.84 Å². The Hall–Kier alpha value is -1.93. The van der Waals surface area contributed by atoms with Crippen molar-refractivity contribution >= 4 is 27.8 Å². The molecule has 1 saturated heterocycles. The standard InChI is InChI=1S/C21H25ClN2O4S/c22-19-8-4-17(5-9-19)18-6-10-21(11-7-18)29(27,28)15-20(24(26)16-25)14-23-12-2-1-3-13-23/h4-11,16,20,26H,1-3,12-15H2. The van der Waals surface area contributed by atoms with Gasteiger partial charge in [-0.2, -0.15) is 0 Å². The van der Waals surface area contributed by atoms with Gasteiger partial charge in [-0.3, -0.25) is 10.0 Å². The van der Waals surface area contributed by atoms with Crippen LogP contribution in [-0.2, 0) is 14.6 Å². The third-order valence-corrected chi connectivity index (χ3v) is 7.27. The number of sulfone groups is 1. The molecule has 2 aromatic rings. The fourth-order valence-corrected chi connectivity index (χ4v) is 5.22. The Morgan fingerprint density at radius 2 is 1.55 bits per heavy atom. The number of carbonyl (C=O) groups is 1. The molecule has 0 aliphatic carbocycles. The molecule has 156 valence electrons. The number of nitrogens with zero attached hydrogens (tertiary/aromatic N) is 2. The van der Waals surface area contributed by atoms with Gasteiger partial charge in [-0.05, 0) is 61.3 Å². The molecule has 1 fully saturated rings. The van der Waals surface area contributed by atoms with E-state index in [0.717, 1.165) is 43.5 Å². The van der Waals surface area contributed by atoms with E-state index in [9.17, 15) is 18.4 Å². The Balaban J connectivity index is 1.75. The van der Waals surface area contributed by atoms with E-state index in [2.05, 4.69) is 4.90 Å². The molecule has 8 heteroatoms. The second-order valence-corrected chi connectivity index (χ2v) is 9.78. The second kappa shape index (κ2) is 9.71. The number of rotatable bonds is 8. The van der Waals surface area contributed by atoms with Crippen molar-refractivity contribution in [2.75, 3.05) is 25.4 Å². The summed E-state index contributed by atoms with van der Waals surface area (Å²) < 4.78 is 25.8. The van der Waals surface area contributed by atoms with E-state index in [4.69, 9.17) is 11.6 Å². The Morgan fingerprint density at radius 1 is 1.00 bits per heavy atom. The minimum atomic E-state index is -3.68. The zero-order valence-corrected chi connectivity index (χ0v) is 17.6. The summed E-state index contributed by atoms with van der Waals surface area (Å²) in [4.78, 5) is 13.4. The van der Waals surface area contributed by atoms with Crippen LogP contribution in [0.2, 0.25) is 5.02 Å². The van der Waals surface area contributed by atoms with Crippen LogP contribution in [0.5, 0.6) is 0 Å². The maximum absolute atomic E-state index is 12.9. The highest BCUT2D eigenvalue weighted by Crippen LogP contribution is 2.24. The maximum atomic E-state index is 12.9. The normalized spacial score (nSPS) is 16.3. The van der Waals surface area contributed by atoms with Crippen molar-refractivity contribution < 1.29 is 18.4 Å². The molecule has 29 heavy (non-hydrogen) atoms. The average Bonchev–Trinajstić information content (AvgIpc) is 2.74. The molecule has 1 unspecified atom stereocenters. The van der Waals surface area contributed by atoms with Crippen LogP contribution in [0.3, 0.4) is 0 Å². The van der Waals surface area contributed by atoms with Crippen LogP contribution in [0, 0.1) is 0 Å². The van der Waals surface area contributed by atoms with Crippen molar-refractivity contribution in [3.63, 3.8) is 0 Å². The molecule has 2 aromatic carbocycles. The molecule has 1 atom stereocenters. The van der Waals surface area contributed by atoms with Crippen LogP contribution >= 0.6 is 11.6 Å². The summed E-state index contributed by atoms with van der Waals surface area (Å²) in [7, 11) is -3.68. The molecular weight excluding hydrogens is 412 g/mol. The molecule has 1 aliphatic heterocycles. The van der Waals surface area contributed by atoms with E-state index in [1.165, 1.54) is 0 Å². The lowest BCUT2D eigenvalue weighted by molar-refractivity contribution is -0.159. The highest BCUT2D eigenvalue weighted by molar-refractivity contribution is 7.91. The topological polar surface area (TPSA) is 77.9 Å². The Bertz CT molecular complexity index is 911. The summed E-state index contributed by atoms with van der Waals surface area (Å²) in [6.45, 7) is 2.02. The van der Waals surface area contributed by atoms with Crippen LogP contribution < -0.4 is 0 Å². The van der Waals surface area contributed by atoms with E-state index in [0.29, 0.717) is 16.6 Å². The SMILES string of the molecule is O=CN(O)C(CN1CCCCC1)CS(=O)(=O)c1ccc(-c2ccc(Cl)cc2)cc1. The zero-order valence-electron chi connectivity index (χ0n) is 16.1. The monoisotopic (exact) mass is 436 g/mol. The van der Waals surface area contributed by atoms with Gasteiger partial charge in [0, 0.05) is 11.6 Å². The van der Waals surface area contributed by atoms with Crippen molar-refractivity contribution in [2.45, 2.75) is 30.2 Å². The number of likely N-dealkylation sites (tertiary alicyclic amines) is 1. The van der Waals surface area contributed by atoms with Gasteiger partial charge in [0.2, 0.25) is 6.41 Å². The van der Waals surface area contributed by atoms with Gasteiger partial charge in [0.25, 0.3) is 0 Å². The van der Waals surface area contributed by atoms with E-state index in [-0.39, 0.29) is 17.1 Å². The van der Waals surface area contributed by atoms with E-state index in [1.54, 1.807) is 36.4 Å². The summed E-state index contributed by atoms with van der Waals surface area (Å²) >= 11 is 5.91. The fourth-order valence-electron chi connectivity index (χ4n) is 3.59. The number of carbonyl (C=O) groups excluding carboxylic acids is 1. The lowest BCUT2D eigenvalue weighted by atomic mass is 10.1. The van der Waals surface area contributed by atoms with Crippen molar-refractivity contribution in [3.8, 4) is 11.1 Å². The molecule has 1 heterocycles. The van der Waals surface area contributed by atoms with Crippen LogP contribution in [0.25, 0.3) is 11.1 Å². The lowest BCUT2D eigenvalue weighted by Gasteiger charge is -2.32. The highest BCUT2D eigenvalue weighted by Gasteiger charge is 2.27. The molecule has 0 saturated carbocycles.